The highest BCUT2D eigenvalue weighted by Crippen LogP contribution is 2.40. The topological polar surface area (TPSA) is 114 Å². The minimum atomic E-state index is -0.888. The van der Waals surface area contributed by atoms with Crippen LogP contribution in [0.25, 0.3) is 0 Å². The molecule has 3 atom stereocenters. The van der Waals surface area contributed by atoms with Crippen LogP contribution in [0.1, 0.15) is 45.2 Å². The first-order valence-electron chi connectivity index (χ1n) is 12.3. The number of aryl methyl sites for hydroxylation is 1. The van der Waals surface area contributed by atoms with E-state index in [0.717, 1.165) is 27.6 Å². The standard InChI is InChI=1S/C26H40N4O5S/c1-8-35-25(32)20-14-30(29-28-20)21-11-17(10-9-16(21)2)24(31)27-19-12-18(26(3,4)5)13-22(23(19)34-7)36-15-33-6/h9-11,13,18,20,25,28-29,32H,8,12,14-15H2,1-7H3,(H,27,31)/p+2. The molecule has 0 spiro atoms. The number of hydrogen-bond acceptors (Lipinski definition) is 7. The van der Waals surface area contributed by atoms with Gasteiger partial charge in [0.1, 0.15) is 6.04 Å². The van der Waals surface area contributed by atoms with Gasteiger partial charge < -0.3 is 24.4 Å². The van der Waals surface area contributed by atoms with Gasteiger partial charge in [-0.15, -0.1) is 5.43 Å². The number of aliphatic hydroxyl groups excluding tert-OH is 2. The summed E-state index contributed by atoms with van der Waals surface area (Å²) >= 11 is 1.58. The summed E-state index contributed by atoms with van der Waals surface area (Å²) in [6.45, 7) is 11.5. The lowest BCUT2D eigenvalue weighted by atomic mass is 9.76. The molecule has 0 saturated carbocycles. The second-order valence-corrected chi connectivity index (χ2v) is 11.1. The summed E-state index contributed by atoms with van der Waals surface area (Å²) in [7, 11) is 3.33. The Balaban J connectivity index is 1.91. The van der Waals surface area contributed by atoms with Crippen molar-refractivity contribution in [1.82, 2.24) is 5.43 Å². The average Bonchev–Trinajstić information content (AvgIpc) is 3.32. The predicted molar refractivity (Wildman–Crippen MR) is 142 cm³/mol. The Labute approximate surface area is 218 Å². The molecule has 6 N–H and O–H groups in total. The van der Waals surface area contributed by atoms with Crippen LogP contribution in [0.5, 0.6) is 0 Å². The van der Waals surface area contributed by atoms with Crippen LogP contribution in [0.3, 0.4) is 0 Å². The van der Waals surface area contributed by atoms with E-state index in [9.17, 15) is 10.2 Å². The van der Waals surface area contributed by atoms with Gasteiger partial charge in [-0.3, -0.25) is 0 Å². The highest BCUT2D eigenvalue weighted by atomic mass is 32.2. The SMILES string of the molecule is CCOC(O)C1CN(c2cc(C(O)=[NH+]C3=C(OC)C(SCOC)=CC(C(C)(C)C)C3)ccc2C)[NH2+]N1. The number of methoxy groups -OCH3 is 2. The van der Waals surface area contributed by atoms with Crippen LogP contribution < -0.4 is 21.0 Å². The molecular formula is C26H42N4O5S+2. The van der Waals surface area contributed by atoms with Gasteiger partial charge in [-0.1, -0.05) is 44.7 Å². The lowest BCUT2D eigenvalue weighted by molar-refractivity contribution is -0.706. The van der Waals surface area contributed by atoms with Gasteiger partial charge in [0.15, 0.2) is 12.0 Å². The van der Waals surface area contributed by atoms with Crippen molar-refractivity contribution in [2.45, 2.75) is 53.4 Å². The van der Waals surface area contributed by atoms with E-state index < -0.39 is 6.29 Å². The molecule has 36 heavy (non-hydrogen) atoms. The minimum Gasteiger partial charge on any atom is -0.490 e. The molecule has 0 amide bonds. The molecule has 1 saturated heterocycles. The van der Waals surface area contributed by atoms with Gasteiger partial charge >= 0.3 is 5.90 Å². The van der Waals surface area contributed by atoms with Crippen LogP contribution in [-0.2, 0) is 14.2 Å². The van der Waals surface area contributed by atoms with Crippen molar-refractivity contribution in [1.29, 1.82) is 0 Å². The smallest absolute Gasteiger partial charge is 0.371 e. The molecule has 200 valence electrons. The van der Waals surface area contributed by atoms with Crippen molar-refractivity contribution >= 4 is 23.3 Å². The number of nitrogens with two attached hydrogens (primary N) is 1. The first kappa shape index (κ1) is 28.5. The Bertz CT molecular complexity index is 1000. The van der Waals surface area contributed by atoms with Crippen LogP contribution in [0.4, 0.5) is 5.69 Å². The third-order valence-corrected chi connectivity index (χ3v) is 7.49. The molecule has 10 heteroatoms. The lowest BCUT2D eigenvalue weighted by Crippen LogP contribution is -2.98. The molecule has 1 aromatic rings. The number of benzene rings is 1. The van der Waals surface area contributed by atoms with E-state index in [2.05, 4.69) is 37.3 Å². The molecular weight excluding hydrogens is 480 g/mol. The second-order valence-electron chi connectivity index (χ2n) is 10.1. The zero-order valence-electron chi connectivity index (χ0n) is 22.4. The molecule has 1 aromatic carbocycles. The lowest BCUT2D eigenvalue weighted by Gasteiger charge is -2.31. The minimum absolute atomic E-state index is 0.0406. The van der Waals surface area contributed by atoms with Gasteiger partial charge in [-0.25, -0.2) is 5.01 Å². The van der Waals surface area contributed by atoms with Crippen molar-refractivity contribution in [2.75, 3.05) is 38.3 Å². The van der Waals surface area contributed by atoms with Gasteiger partial charge in [0.25, 0.3) is 0 Å². The van der Waals surface area contributed by atoms with Gasteiger partial charge in [0.05, 0.1) is 35.7 Å². The molecule has 9 nitrogen and oxygen atoms in total. The number of thioether (sulfide) groups is 1. The van der Waals surface area contributed by atoms with Gasteiger partial charge in [-0.05, 0) is 42.9 Å². The van der Waals surface area contributed by atoms with Crippen LogP contribution in [0.2, 0.25) is 0 Å². The van der Waals surface area contributed by atoms with E-state index in [1.165, 1.54) is 0 Å². The van der Waals surface area contributed by atoms with Crippen LogP contribution >= 0.6 is 11.8 Å². The van der Waals surface area contributed by atoms with Crippen molar-refractivity contribution in [3.63, 3.8) is 0 Å². The van der Waals surface area contributed by atoms with E-state index in [4.69, 9.17) is 14.2 Å². The van der Waals surface area contributed by atoms with Crippen LogP contribution in [0.15, 0.2) is 40.6 Å². The van der Waals surface area contributed by atoms with Gasteiger partial charge in [-0.2, -0.15) is 10.5 Å². The Morgan fingerprint density at radius 3 is 2.72 bits per heavy atom. The van der Waals surface area contributed by atoms with E-state index in [1.807, 2.05) is 42.6 Å². The molecule has 1 heterocycles. The third-order valence-electron chi connectivity index (χ3n) is 6.50. The van der Waals surface area contributed by atoms with Gasteiger partial charge in [0.2, 0.25) is 5.70 Å². The first-order chi connectivity index (χ1) is 17.1. The first-order valence-corrected chi connectivity index (χ1v) is 13.3. The largest absolute Gasteiger partial charge is 0.490 e. The number of anilines is 1. The Morgan fingerprint density at radius 1 is 1.33 bits per heavy atom. The molecule has 3 rings (SSSR count). The van der Waals surface area contributed by atoms with E-state index in [-0.39, 0.29) is 23.3 Å². The normalized spacial score (nSPS) is 22.2. The molecule has 3 unspecified atom stereocenters. The molecule has 1 fully saturated rings. The number of ether oxygens (including phenoxy) is 3. The third kappa shape index (κ3) is 6.81. The van der Waals surface area contributed by atoms with Crippen LogP contribution in [-0.4, -0.2) is 61.8 Å². The summed E-state index contributed by atoms with van der Waals surface area (Å²) < 4.78 is 16.4. The van der Waals surface area contributed by atoms with Crippen LogP contribution in [0, 0.1) is 18.3 Å². The number of hydrogen-bond donors (Lipinski definition) is 5. The van der Waals surface area contributed by atoms with Crippen molar-refractivity contribution < 1.29 is 35.0 Å². The molecule has 0 radical (unpaired) electrons. The number of aliphatic hydroxyl groups is 2. The second kappa shape index (κ2) is 12.4. The molecule has 1 aliphatic heterocycles. The van der Waals surface area contributed by atoms with Crippen molar-refractivity contribution in [2.24, 2.45) is 11.3 Å². The highest BCUT2D eigenvalue weighted by Gasteiger charge is 2.35. The van der Waals surface area contributed by atoms with Gasteiger partial charge in [0, 0.05) is 20.1 Å². The van der Waals surface area contributed by atoms with E-state index in [1.54, 1.807) is 26.0 Å². The fraction of sp³-hybridized carbons (Fsp3) is 0.577. The quantitative estimate of drug-likeness (QED) is 0.134. The summed E-state index contributed by atoms with van der Waals surface area (Å²) in [6, 6.07) is 5.58. The number of nitrogens with one attached hydrogen (secondary N) is 2. The Kier molecular flexibility index (Phi) is 9.85. The van der Waals surface area contributed by atoms with Crippen molar-refractivity contribution in [3.8, 4) is 0 Å². The van der Waals surface area contributed by atoms with Crippen molar-refractivity contribution in [3.05, 3.63) is 51.8 Å². The molecule has 0 aromatic heterocycles. The summed E-state index contributed by atoms with van der Waals surface area (Å²) in [5.41, 5.74) is 8.56. The monoisotopic (exact) mass is 522 g/mol. The zero-order valence-corrected chi connectivity index (χ0v) is 23.2. The molecule has 1 aliphatic carbocycles. The number of nitrogens with zero attached hydrogens (tertiary/aromatic N) is 1. The Hall–Kier alpha value is -2.08. The maximum Gasteiger partial charge on any atom is 0.371 e. The summed E-state index contributed by atoms with van der Waals surface area (Å²) in [5, 5.41) is 23.4. The zero-order chi connectivity index (χ0) is 26.5. The maximum absolute atomic E-state index is 11.2. The summed E-state index contributed by atoms with van der Waals surface area (Å²) in [4.78, 5) is 4.26. The maximum atomic E-state index is 11.2. The van der Waals surface area contributed by atoms with E-state index in [0.29, 0.717) is 31.1 Å². The Morgan fingerprint density at radius 2 is 2.08 bits per heavy atom. The fourth-order valence-electron chi connectivity index (χ4n) is 4.31. The molecule has 2 aliphatic rings. The number of allylic oxidation sites excluding steroid dienone is 2. The summed E-state index contributed by atoms with van der Waals surface area (Å²) in [5.74, 6) is 1.56. The summed E-state index contributed by atoms with van der Waals surface area (Å²) in [6.07, 6.45) is 2.08. The average molecular weight is 523 g/mol. The fourth-order valence-corrected chi connectivity index (χ4v) is 5.16. The number of quaternary nitrogens is 1. The predicted octanol–water partition coefficient (Wildman–Crippen LogP) is 1.05. The van der Waals surface area contributed by atoms with E-state index >= 15 is 0 Å². The molecule has 0 bridgehead atoms. The highest BCUT2D eigenvalue weighted by molar-refractivity contribution is 8.03. The number of rotatable bonds is 10.